The predicted molar refractivity (Wildman–Crippen MR) is 93.5 cm³/mol. The average molecular weight is 347 g/mol. The van der Waals surface area contributed by atoms with Gasteiger partial charge < -0.3 is 15.4 Å². The van der Waals surface area contributed by atoms with E-state index in [1.54, 1.807) is 30.3 Å². The molecule has 0 bridgehead atoms. The molecule has 5 nitrogen and oxygen atoms in total. The van der Waals surface area contributed by atoms with E-state index in [0.717, 1.165) is 5.56 Å². The second-order valence-corrected chi connectivity index (χ2v) is 5.65. The Labute approximate surface area is 146 Å². The molecule has 0 saturated carbocycles. The van der Waals surface area contributed by atoms with Gasteiger partial charge in [0.1, 0.15) is 5.75 Å². The van der Waals surface area contributed by atoms with Gasteiger partial charge in [-0.15, -0.1) is 0 Å². The van der Waals surface area contributed by atoms with E-state index in [2.05, 4.69) is 10.6 Å². The minimum Gasteiger partial charge on any atom is -0.484 e. The van der Waals surface area contributed by atoms with Crippen molar-refractivity contribution in [3.63, 3.8) is 0 Å². The Hall–Kier alpha value is -2.53. The summed E-state index contributed by atoms with van der Waals surface area (Å²) >= 11 is 5.77. The Balaban J connectivity index is 1.64. The first-order valence-corrected chi connectivity index (χ1v) is 7.92. The summed E-state index contributed by atoms with van der Waals surface area (Å²) < 4.78 is 5.33. The smallest absolute Gasteiger partial charge is 0.258 e. The lowest BCUT2D eigenvalue weighted by Crippen LogP contribution is -2.36. The van der Waals surface area contributed by atoms with E-state index in [4.69, 9.17) is 16.3 Å². The summed E-state index contributed by atoms with van der Waals surface area (Å²) in [6.07, 6.45) is 0. The molecule has 2 amide bonds. The average Bonchev–Trinajstić information content (AvgIpc) is 2.58. The zero-order valence-electron chi connectivity index (χ0n) is 13.3. The first kappa shape index (κ1) is 17.8. The quantitative estimate of drug-likeness (QED) is 0.757. The van der Waals surface area contributed by atoms with E-state index in [1.807, 2.05) is 25.1 Å². The first-order chi connectivity index (χ1) is 11.5. The van der Waals surface area contributed by atoms with Gasteiger partial charge in [-0.25, -0.2) is 0 Å². The van der Waals surface area contributed by atoms with Crippen LogP contribution >= 0.6 is 11.6 Å². The molecule has 0 aliphatic carbocycles. The van der Waals surface area contributed by atoms with Crippen LogP contribution in [0, 0.1) is 6.92 Å². The van der Waals surface area contributed by atoms with Crippen LogP contribution in [0.1, 0.15) is 15.9 Å². The Kier molecular flexibility index (Phi) is 6.63. The van der Waals surface area contributed by atoms with Gasteiger partial charge in [0.2, 0.25) is 0 Å². The van der Waals surface area contributed by atoms with Crippen molar-refractivity contribution in [2.75, 3.05) is 19.7 Å². The molecule has 0 aromatic heterocycles. The summed E-state index contributed by atoms with van der Waals surface area (Å²) in [6, 6.07) is 14.1. The molecule has 0 heterocycles. The number of hydrogen-bond acceptors (Lipinski definition) is 3. The van der Waals surface area contributed by atoms with E-state index < -0.39 is 0 Å². The predicted octanol–water partition coefficient (Wildman–Crippen LogP) is 2.57. The molecule has 2 N–H and O–H groups in total. The van der Waals surface area contributed by atoms with Gasteiger partial charge in [-0.1, -0.05) is 29.3 Å². The summed E-state index contributed by atoms with van der Waals surface area (Å²) in [5.74, 6) is 0.155. The van der Waals surface area contributed by atoms with E-state index in [9.17, 15) is 9.59 Å². The maximum absolute atomic E-state index is 11.9. The molecule has 0 aliphatic heterocycles. The van der Waals surface area contributed by atoms with Crippen molar-refractivity contribution >= 4 is 23.4 Å². The van der Waals surface area contributed by atoms with Crippen LogP contribution in [-0.4, -0.2) is 31.5 Å². The van der Waals surface area contributed by atoms with Gasteiger partial charge in [0.05, 0.1) is 0 Å². The molecule has 0 spiro atoms. The molecular formula is C18H19ClN2O3. The monoisotopic (exact) mass is 346 g/mol. The standard InChI is InChI=1S/C18H19ClN2O3/c1-13-3-2-4-14(11-13)18(23)21-10-9-20-17(22)12-24-16-7-5-15(19)6-8-16/h2-8,11H,9-10,12H2,1H3,(H,20,22)(H,21,23). The lowest BCUT2D eigenvalue weighted by atomic mass is 10.1. The number of ether oxygens (including phenoxy) is 1. The van der Waals surface area contributed by atoms with Gasteiger partial charge in [0.15, 0.2) is 6.61 Å². The van der Waals surface area contributed by atoms with E-state index in [0.29, 0.717) is 29.4 Å². The summed E-state index contributed by atoms with van der Waals surface area (Å²) in [7, 11) is 0. The van der Waals surface area contributed by atoms with Crippen molar-refractivity contribution in [1.82, 2.24) is 10.6 Å². The van der Waals surface area contributed by atoms with Crippen LogP contribution < -0.4 is 15.4 Å². The highest BCUT2D eigenvalue weighted by atomic mass is 35.5. The lowest BCUT2D eigenvalue weighted by Gasteiger charge is -2.09. The Bertz CT molecular complexity index is 702. The van der Waals surface area contributed by atoms with Gasteiger partial charge >= 0.3 is 0 Å². The normalized spacial score (nSPS) is 10.1. The number of hydrogen-bond donors (Lipinski definition) is 2. The maximum atomic E-state index is 11.9. The van der Waals surface area contributed by atoms with Crippen molar-refractivity contribution in [3.05, 3.63) is 64.7 Å². The maximum Gasteiger partial charge on any atom is 0.258 e. The SMILES string of the molecule is Cc1cccc(C(=O)NCCNC(=O)COc2ccc(Cl)cc2)c1. The number of carbonyl (C=O) groups is 2. The van der Waals surface area contributed by atoms with Crippen LogP contribution in [0.4, 0.5) is 0 Å². The van der Waals surface area contributed by atoms with Gasteiger partial charge in [-0.2, -0.15) is 0 Å². The molecule has 0 radical (unpaired) electrons. The van der Waals surface area contributed by atoms with Crippen molar-refractivity contribution in [2.45, 2.75) is 6.92 Å². The highest BCUT2D eigenvalue weighted by Crippen LogP contribution is 2.15. The third-order valence-corrected chi connectivity index (χ3v) is 3.45. The molecule has 2 aromatic rings. The summed E-state index contributed by atoms with van der Waals surface area (Å²) in [5, 5.41) is 6.04. The molecule has 126 valence electrons. The molecule has 2 aromatic carbocycles. The third-order valence-electron chi connectivity index (χ3n) is 3.20. The number of benzene rings is 2. The molecular weight excluding hydrogens is 328 g/mol. The number of nitrogens with one attached hydrogen (secondary N) is 2. The van der Waals surface area contributed by atoms with Crippen LogP contribution in [-0.2, 0) is 4.79 Å². The number of carbonyl (C=O) groups excluding carboxylic acids is 2. The second kappa shape index (κ2) is 8.93. The van der Waals surface area contributed by atoms with Crippen molar-refractivity contribution in [1.29, 1.82) is 0 Å². The minimum absolute atomic E-state index is 0.0898. The highest BCUT2D eigenvalue weighted by Gasteiger charge is 2.06. The number of halogens is 1. The fourth-order valence-corrected chi connectivity index (χ4v) is 2.12. The second-order valence-electron chi connectivity index (χ2n) is 5.22. The zero-order chi connectivity index (χ0) is 17.4. The molecule has 0 unspecified atom stereocenters. The third kappa shape index (κ3) is 5.93. The molecule has 2 rings (SSSR count). The van der Waals surface area contributed by atoms with Gasteiger partial charge in [0.25, 0.3) is 11.8 Å². The fourth-order valence-electron chi connectivity index (χ4n) is 2.00. The number of amides is 2. The van der Waals surface area contributed by atoms with Crippen LogP contribution in [0.25, 0.3) is 0 Å². The largest absolute Gasteiger partial charge is 0.484 e. The molecule has 0 atom stereocenters. The molecule has 6 heteroatoms. The van der Waals surface area contributed by atoms with Gasteiger partial charge in [-0.3, -0.25) is 9.59 Å². The van der Waals surface area contributed by atoms with Crippen LogP contribution in [0.5, 0.6) is 5.75 Å². The van der Waals surface area contributed by atoms with Crippen molar-refractivity contribution < 1.29 is 14.3 Å². The topological polar surface area (TPSA) is 67.4 Å². The van der Waals surface area contributed by atoms with E-state index >= 15 is 0 Å². The van der Waals surface area contributed by atoms with Crippen LogP contribution in [0.2, 0.25) is 5.02 Å². The van der Waals surface area contributed by atoms with Gasteiger partial charge in [-0.05, 0) is 43.3 Å². The van der Waals surface area contributed by atoms with Crippen LogP contribution in [0.15, 0.2) is 48.5 Å². The molecule has 0 saturated heterocycles. The highest BCUT2D eigenvalue weighted by molar-refractivity contribution is 6.30. The first-order valence-electron chi connectivity index (χ1n) is 7.54. The Morgan fingerprint density at radius 1 is 1.04 bits per heavy atom. The molecule has 24 heavy (non-hydrogen) atoms. The zero-order valence-corrected chi connectivity index (χ0v) is 14.1. The van der Waals surface area contributed by atoms with Gasteiger partial charge in [0, 0.05) is 23.7 Å². The fraction of sp³-hybridized carbons (Fsp3) is 0.222. The van der Waals surface area contributed by atoms with Crippen molar-refractivity contribution in [3.8, 4) is 5.75 Å². The lowest BCUT2D eigenvalue weighted by molar-refractivity contribution is -0.123. The minimum atomic E-state index is -0.255. The summed E-state index contributed by atoms with van der Waals surface area (Å²) in [5.41, 5.74) is 1.63. The Morgan fingerprint density at radius 3 is 2.46 bits per heavy atom. The molecule has 0 aliphatic rings. The number of rotatable bonds is 7. The van der Waals surface area contributed by atoms with Crippen LogP contribution in [0.3, 0.4) is 0 Å². The Morgan fingerprint density at radius 2 is 1.75 bits per heavy atom. The van der Waals surface area contributed by atoms with Crippen molar-refractivity contribution in [2.24, 2.45) is 0 Å². The number of aryl methyl sites for hydroxylation is 1. The summed E-state index contributed by atoms with van der Waals surface area (Å²) in [4.78, 5) is 23.6. The van der Waals surface area contributed by atoms with E-state index in [1.165, 1.54) is 0 Å². The molecule has 0 fully saturated rings. The summed E-state index contributed by atoms with van der Waals surface area (Å²) in [6.45, 7) is 2.52. The van der Waals surface area contributed by atoms with E-state index in [-0.39, 0.29) is 18.4 Å².